The van der Waals surface area contributed by atoms with Crippen molar-refractivity contribution in [1.82, 2.24) is 10.2 Å². The summed E-state index contributed by atoms with van der Waals surface area (Å²) in [4.78, 5) is 29.1. The zero-order valence-electron chi connectivity index (χ0n) is 17.5. The van der Waals surface area contributed by atoms with Gasteiger partial charge in [0.25, 0.3) is 11.8 Å². The highest BCUT2D eigenvalue weighted by atomic mass is 19.4. The van der Waals surface area contributed by atoms with Gasteiger partial charge in [-0.25, -0.2) is 13.6 Å². The lowest BCUT2D eigenvalue weighted by molar-refractivity contribution is -0.192. The van der Waals surface area contributed by atoms with Crippen LogP contribution >= 0.6 is 0 Å². The summed E-state index contributed by atoms with van der Waals surface area (Å²) in [5, 5.41) is 13.7. The van der Waals surface area contributed by atoms with Crippen LogP contribution in [0.3, 0.4) is 0 Å². The average Bonchev–Trinajstić information content (AvgIpc) is 3.01. The summed E-state index contributed by atoms with van der Waals surface area (Å²) in [5.41, 5.74) is -0.0678. The molecule has 2 heterocycles. The number of nitrogens with one attached hydrogen (secondary N) is 1. The van der Waals surface area contributed by atoms with Gasteiger partial charge >= 0.3 is 12.1 Å². The summed E-state index contributed by atoms with van der Waals surface area (Å²) < 4.78 is 57.5. The first-order valence-corrected chi connectivity index (χ1v) is 10.2. The quantitative estimate of drug-likeness (QED) is 0.619. The number of piperidine rings is 1. The number of hydrogen-bond donors (Lipinski definition) is 2. The Morgan fingerprint density at radius 2 is 1.94 bits per heavy atom. The maximum Gasteiger partial charge on any atom is 0.490 e. The van der Waals surface area contributed by atoms with E-state index in [0.717, 1.165) is 38.9 Å². The van der Waals surface area contributed by atoms with Crippen molar-refractivity contribution in [3.63, 3.8) is 0 Å². The van der Waals surface area contributed by atoms with Crippen LogP contribution < -0.4 is 5.32 Å². The molecule has 1 unspecified atom stereocenters. The zero-order chi connectivity index (χ0) is 23.4. The van der Waals surface area contributed by atoms with Crippen molar-refractivity contribution in [3.8, 4) is 0 Å². The number of rotatable bonds is 5. The van der Waals surface area contributed by atoms with E-state index in [1.54, 1.807) is 0 Å². The monoisotopic (exact) mass is 457 g/mol. The molecule has 12 heteroatoms. The highest BCUT2D eigenvalue weighted by Gasteiger charge is 2.48. The SMILES string of the molecule is CC(C)CCN1CCCC2(CC(C(=O)NC3CC(F)(F)C3)=NO2)C1.O=C(O)C(F)(F)F. The van der Waals surface area contributed by atoms with Gasteiger partial charge in [0.2, 0.25) is 0 Å². The molecule has 0 bridgehead atoms. The molecule has 31 heavy (non-hydrogen) atoms. The van der Waals surface area contributed by atoms with Crippen LogP contribution in [-0.2, 0) is 14.4 Å². The third-order valence-electron chi connectivity index (χ3n) is 5.41. The molecule has 1 amide bonds. The van der Waals surface area contributed by atoms with E-state index in [-0.39, 0.29) is 18.7 Å². The molecular formula is C19H28F5N3O4. The molecular weight excluding hydrogens is 429 g/mol. The summed E-state index contributed by atoms with van der Waals surface area (Å²) in [5.74, 6) is -5.09. The van der Waals surface area contributed by atoms with Crippen LogP contribution in [0.5, 0.6) is 0 Å². The molecule has 2 N–H and O–H groups in total. The molecule has 0 aromatic rings. The molecule has 0 aromatic heterocycles. The first-order valence-electron chi connectivity index (χ1n) is 10.2. The number of likely N-dealkylation sites (tertiary alicyclic amines) is 1. The first-order chi connectivity index (χ1) is 14.2. The summed E-state index contributed by atoms with van der Waals surface area (Å²) >= 11 is 0. The van der Waals surface area contributed by atoms with Crippen molar-refractivity contribution in [2.75, 3.05) is 19.6 Å². The largest absolute Gasteiger partial charge is 0.490 e. The smallest absolute Gasteiger partial charge is 0.475 e. The zero-order valence-corrected chi connectivity index (χ0v) is 17.5. The second kappa shape index (κ2) is 9.66. The second-order valence-electron chi connectivity index (χ2n) is 8.79. The Labute approximate surface area is 177 Å². The number of halogens is 5. The third kappa shape index (κ3) is 7.58. The van der Waals surface area contributed by atoms with Crippen molar-refractivity contribution in [2.24, 2.45) is 11.1 Å². The topological polar surface area (TPSA) is 91.2 Å². The molecule has 1 atom stereocenters. The maximum absolute atomic E-state index is 12.9. The molecule has 1 saturated heterocycles. The van der Waals surface area contributed by atoms with Crippen molar-refractivity contribution in [1.29, 1.82) is 0 Å². The first kappa shape index (κ1) is 25.3. The summed E-state index contributed by atoms with van der Waals surface area (Å²) in [6.07, 6.45) is -2.12. The number of alkyl halides is 5. The number of carboxylic acids is 1. The van der Waals surface area contributed by atoms with Crippen LogP contribution in [0.15, 0.2) is 5.16 Å². The van der Waals surface area contributed by atoms with E-state index in [9.17, 15) is 26.7 Å². The number of carbonyl (C=O) groups is 2. The highest BCUT2D eigenvalue weighted by molar-refractivity contribution is 6.39. The number of carbonyl (C=O) groups excluding carboxylic acids is 1. The molecule has 3 aliphatic rings. The van der Waals surface area contributed by atoms with E-state index in [1.807, 2.05) is 0 Å². The van der Waals surface area contributed by atoms with Gasteiger partial charge in [-0.2, -0.15) is 13.2 Å². The molecule has 1 spiro atoms. The molecule has 3 rings (SSSR count). The number of amides is 1. The number of oxime groups is 1. The van der Waals surface area contributed by atoms with Gasteiger partial charge in [0.1, 0.15) is 5.71 Å². The number of carboxylic acid groups (broad SMARTS) is 1. The number of nitrogens with zero attached hydrogens (tertiary/aromatic N) is 2. The standard InChI is InChI=1S/C17H27F2N3O2.C2HF3O2/c1-12(2)4-7-22-6-3-5-16(11-22)10-14(21-24-16)15(23)20-13-8-17(18,19)9-13;3-2(4,5)1(6)7/h12-13H,3-11H2,1-2H3,(H,20,23);(H,6,7). The molecule has 2 fully saturated rings. The predicted molar refractivity (Wildman–Crippen MR) is 101 cm³/mol. The molecule has 7 nitrogen and oxygen atoms in total. The van der Waals surface area contributed by atoms with E-state index < -0.39 is 29.7 Å². The van der Waals surface area contributed by atoms with Crippen LogP contribution in [0.1, 0.15) is 52.4 Å². The van der Waals surface area contributed by atoms with E-state index >= 15 is 0 Å². The molecule has 178 valence electrons. The Balaban J connectivity index is 0.000000423. The fraction of sp³-hybridized carbons (Fsp3) is 0.842. The van der Waals surface area contributed by atoms with Crippen LogP contribution in [0, 0.1) is 5.92 Å². The Morgan fingerprint density at radius 1 is 1.32 bits per heavy atom. The van der Waals surface area contributed by atoms with Crippen molar-refractivity contribution < 1.29 is 41.5 Å². The molecule has 1 aliphatic carbocycles. The molecule has 0 radical (unpaired) electrons. The minimum Gasteiger partial charge on any atom is -0.475 e. The van der Waals surface area contributed by atoms with Gasteiger partial charge in [-0.15, -0.1) is 0 Å². The van der Waals surface area contributed by atoms with Crippen LogP contribution in [0.4, 0.5) is 22.0 Å². The molecule has 2 aliphatic heterocycles. The van der Waals surface area contributed by atoms with Gasteiger partial charge < -0.3 is 15.3 Å². The lowest BCUT2D eigenvalue weighted by Crippen LogP contribution is -2.53. The van der Waals surface area contributed by atoms with Crippen molar-refractivity contribution in [2.45, 2.75) is 76.1 Å². The Bertz CT molecular complexity index is 691. The number of hydrogen-bond acceptors (Lipinski definition) is 5. The van der Waals surface area contributed by atoms with Crippen molar-refractivity contribution in [3.05, 3.63) is 0 Å². The molecule has 0 aromatic carbocycles. The average molecular weight is 457 g/mol. The minimum atomic E-state index is -5.08. The van der Waals surface area contributed by atoms with Gasteiger partial charge in [-0.1, -0.05) is 19.0 Å². The lowest BCUT2D eigenvalue weighted by Gasteiger charge is -2.38. The predicted octanol–water partition coefficient (Wildman–Crippen LogP) is 3.19. The van der Waals surface area contributed by atoms with Crippen molar-refractivity contribution >= 4 is 17.6 Å². The molecule has 1 saturated carbocycles. The van der Waals surface area contributed by atoms with E-state index in [0.29, 0.717) is 18.1 Å². The van der Waals surface area contributed by atoms with Gasteiger partial charge in [0, 0.05) is 31.8 Å². The highest BCUT2D eigenvalue weighted by Crippen LogP contribution is 2.38. The lowest BCUT2D eigenvalue weighted by atomic mass is 9.86. The Kier molecular flexibility index (Phi) is 7.88. The van der Waals surface area contributed by atoms with Crippen LogP contribution in [-0.4, -0.2) is 71.0 Å². The van der Waals surface area contributed by atoms with E-state index in [2.05, 4.69) is 29.2 Å². The second-order valence-corrected chi connectivity index (χ2v) is 8.79. The van der Waals surface area contributed by atoms with Gasteiger partial charge in [-0.3, -0.25) is 9.69 Å². The third-order valence-corrected chi connectivity index (χ3v) is 5.41. The Morgan fingerprint density at radius 3 is 2.45 bits per heavy atom. The fourth-order valence-corrected chi connectivity index (χ4v) is 3.72. The van der Waals surface area contributed by atoms with E-state index in [4.69, 9.17) is 14.7 Å². The van der Waals surface area contributed by atoms with Crippen LogP contribution in [0.2, 0.25) is 0 Å². The van der Waals surface area contributed by atoms with Gasteiger partial charge in [-0.05, 0) is 38.3 Å². The summed E-state index contributed by atoms with van der Waals surface area (Å²) in [6.45, 7) is 7.28. The Hall–Kier alpha value is -1.98. The number of aliphatic carboxylic acids is 1. The van der Waals surface area contributed by atoms with Crippen LogP contribution in [0.25, 0.3) is 0 Å². The van der Waals surface area contributed by atoms with Gasteiger partial charge in [0.05, 0.1) is 0 Å². The minimum absolute atomic E-state index is 0.277. The fourth-order valence-electron chi connectivity index (χ4n) is 3.72. The van der Waals surface area contributed by atoms with E-state index in [1.165, 1.54) is 0 Å². The summed E-state index contributed by atoms with van der Waals surface area (Å²) in [7, 11) is 0. The van der Waals surface area contributed by atoms with Gasteiger partial charge in [0.15, 0.2) is 5.60 Å². The maximum atomic E-state index is 12.9. The summed E-state index contributed by atoms with van der Waals surface area (Å²) in [6, 6.07) is -0.444. The normalized spacial score (nSPS) is 25.9.